The van der Waals surface area contributed by atoms with E-state index in [1.807, 2.05) is 19.1 Å². The molecule has 1 aromatic carbocycles. The van der Waals surface area contributed by atoms with Crippen molar-refractivity contribution in [1.29, 1.82) is 0 Å². The number of nitrogens with one attached hydrogen (secondary N) is 1. The Kier molecular flexibility index (Phi) is 3.08. The Morgan fingerprint density at radius 3 is 2.63 bits per heavy atom. The highest BCUT2D eigenvalue weighted by Crippen LogP contribution is 2.42. The standard InChI is InChI=1S/C15H21NO2S/c1-12-5-6-14-13(9-12)16-10-15(11-19(14,17)18)7-3-2-4-8-15/h5-6,9,16H,2-4,7-8,10-11H2,1H3. The summed E-state index contributed by atoms with van der Waals surface area (Å²) in [7, 11) is -3.17. The fraction of sp³-hybridized carbons (Fsp3) is 0.600. The summed E-state index contributed by atoms with van der Waals surface area (Å²) < 4.78 is 25.3. The zero-order valence-corrected chi connectivity index (χ0v) is 12.2. The van der Waals surface area contributed by atoms with Crippen molar-refractivity contribution >= 4 is 15.5 Å². The zero-order valence-electron chi connectivity index (χ0n) is 11.4. The lowest BCUT2D eigenvalue weighted by Gasteiger charge is -2.35. The Bertz CT molecular complexity index is 586. The maximum atomic E-state index is 12.6. The highest BCUT2D eigenvalue weighted by molar-refractivity contribution is 7.91. The van der Waals surface area contributed by atoms with Gasteiger partial charge in [0.25, 0.3) is 0 Å². The summed E-state index contributed by atoms with van der Waals surface area (Å²) in [6.07, 6.45) is 5.63. The summed E-state index contributed by atoms with van der Waals surface area (Å²) in [5, 5.41) is 3.40. The third-order valence-corrected chi connectivity index (χ3v) is 6.55. The minimum absolute atomic E-state index is 0.0516. The Balaban J connectivity index is 2.03. The van der Waals surface area contributed by atoms with Crippen LogP contribution in [0.25, 0.3) is 0 Å². The van der Waals surface area contributed by atoms with E-state index in [9.17, 15) is 8.42 Å². The van der Waals surface area contributed by atoms with Gasteiger partial charge in [-0.05, 0) is 37.5 Å². The molecule has 1 aromatic rings. The number of benzene rings is 1. The summed E-state index contributed by atoms with van der Waals surface area (Å²) in [5.74, 6) is 0.309. The minimum Gasteiger partial charge on any atom is -0.383 e. The number of hydrogen-bond acceptors (Lipinski definition) is 3. The van der Waals surface area contributed by atoms with Crippen molar-refractivity contribution < 1.29 is 8.42 Å². The van der Waals surface area contributed by atoms with E-state index in [1.165, 1.54) is 6.42 Å². The van der Waals surface area contributed by atoms with E-state index in [1.54, 1.807) is 6.07 Å². The summed E-state index contributed by atoms with van der Waals surface area (Å²) in [6.45, 7) is 2.79. The first-order valence-corrected chi connectivity index (χ1v) is 8.73. The van der Waals surface area contributed by atoms with Crippen LogP contribution in [0.15, 0.2) is 23.1 Å². The molecule has 1 spiro atoms. The molecule has 1 saturated carbocycles. The molecule has 1 fully saturated rings. The molecule has 2 aliphatic rings. The lowest BCUT2D eigenvalue weighted by Crippen LogP contribution is -2.36. The summed E-state index contributed by atoms with van der Waals surface area (Å²) >= 11 is 0. The molecule has 3 rings (SSSR count). The molecule has 1 N–H and O–H groups in total. The minimum atomic E-state index is -3.17. The van der Waals surface area contributed by atoms with E-state index in [-0.39, 0.29) is 5.41 Å². The van der Waals surface area contributed by atoms with Gasteiger partial charge in [-0.25, -0.2) is 8.42 Å². The zero-order chi connectivity index (χ0) is 13.5. The van der Waals surface area contributed by atoms with Gasteiger partial charge >= 0.3 is 0 Å². The average Bonchev–Trinajstić information content (AvgIpc) is 2.46. The van der Waals surface area contributed by atoms with Crippen molar-refractivity contribution in [1.82, 2.24) is 0 Å². The SMILES string of the molecule is Cc1ccc2c(c1)NCC1(CCCCC1)CS2(=O)=O. The number of sulfone groups is 1. The maximum absolute atomic E-state index is 12.6. The average molecular weight is 279 g/mol. The monoisotopic (exact) mass is 279 g/mol. The Morgan fingerprint density at radius 1 is 1.16 bits per heavy atom. The van der Waals surface area contributed by atoms with Gasteiger partial charge in [-0.15, -0.1) is 0 Å². The second kappa shape index (κ2) is 4.51. The molecule has 0 saturated heterocycles. The van der Waals surface area contributed by atoms with Crippen LogP contribution in [0.5, 0.6) is 0 Å². The predicted octanol–water partition coefficient (Wildman–Crippen LogP) is 3.14. The van der Waals surface area contributed by atoms with Crippen LogP contribution in [0.3, 0.4) is 0 Å². The molecule has 0 atom stereocenters. The quantitative estimate of drug-likeness (QED) is 0.793. The lowest BCUT2D eigenvalue weighted by molar-refractivity contribution is 0.237. The summed E-state index contributed by atoms with van der Waals surface area (Å²) in [6, 6.07) is 5.60. The molecule has 0 bridgehead atoms. The number of rotatable bonds is 0. The van der Waals surface area contributed by atoms with Crippen LogP contribution in [0, 0.1) is 12.3 Å². The van der Waals surface area contributed by atoms with E-state index in [4.69, 9.17) is 0 Å². The van der Waals surface area contributed by atoms with Crippen LogP contribution in [-0.4, -0.2) is 20.7 Å². The number of aryl methyl sites for hydroxylation is 1. The van der Waals surface area contributed by atoms with E-state index in [0.717, 1.165) is 43.5 Å². The van der Waals surface area contributed by atoms with Gasteiger partial charge < -0.3 is 5.32 Å². The van der Waals surface area contributed by atoms with Crippen LogP contribution < -0.4 is 5.32 Å². The van der Waals surface area contributed by atoms with Crippen molar-refractivity contribution in [3.8, 4) is 0 Å². The normalized spacial score (nSPS) is 24.3. The molecule has 3 nitrogen and oxygen atoms in total. The molecule has 1 heterocycles. The molecule has 104 valence electrons. The fourth-order valence-corrected chi connectivity index (χ4v) is 5.58. The summed E-state index contributed by atoms with van der Waals surface area (Å²) in [4.78, 5) is 0.487. The van der Waals surface area contributed by atoms with Crippen molar-refractivity contribution in [2.75, 3.05) is 17.6 Å². The smallest absolute Gasteiger partial charge is 0.181 e. The number of anilines is 1. The van der Waals surface area contributed by atoms with E-state index >= 15 is 0 Å². The van der Waals surface area contributed by atoms with Gasteiger partial charge in [-0.2, -0.15) is 0 Å². The first kappa shape index (κ1) is 13.0. The van der Waals surface area contributed by atoms with E-state index in [2.05, 4.69) is 5.32 Å². The lowest BCUT2D eigenvalue weighted by atomic mass is 9.75. The van der Waals surface area contributed by atoms with Crippen LogP contribution in [0.4, 0.5) is 5.69 Å². The molecule has 0 unspecified atom stereocenters. The molecule has 0 aromatic heterocycles. The van der Waals surface area contributed by atoms with Crippen LogP contribution in [-0.2, 0) is 9.84 Å². The number of fused-ring (bicyclic) bond motifs is 1. The molecule has 0 radical (unpaired) electrons. The molecular weight excluding hydrogens is 258 g/mol. The van der Waals surface area contributed by atoms with Gasteiger partial charge in [-0.1, -0.05) is 25.3 Å². The van der Waals surface area contributed by atoms with Gasteiger partial charge in [0, 0.05) is 12.0 Å². The van der Waals surface area contributed by atoms with Crippen molar-refractivity contribution in [3.63, 3.8) is 0 Å². The van der Waals surface area contributed by atoms with Gasteiger partial charge in [0.2, 0.25) is 0 Å². The van der Waals surface area contributed by atoms with Crippen LogP contribution >= 0.6 is 0 Å². The molecule has 4 heteroatoms. The van der Waals surface area contributed by atoms with E-state index in [0.29, 0.717) is 10.6 Å². The maximum Gasteiger partial charge on any atom is 0.181 e. The van der Waals surface area contributed by atoms with Gasteiger partial charge in [0.15, 0.2) is 9.84 Å². The van der Waals surface area contributed by atoms with Crippen LogP contribution in [0.1, 0.15) is 37.7 Å². The molecule has 1 aliphatic heterocycles. The Labute approximate surface area is 115 Å². The van der Waals surface area contributed by atoms with Gasteiger partial charge in [0.1, 0.15) is 0 Å². The van der Waals surface area contributed by atoms with E-state index < -0.39 is 9.84 Å². The largest absolute Gasteiger partial charge is 0.383 e. The topological polar surface area (TPSA) is 46.2 Å². The highest BCUT2D eigenvalue weighted by Gasteiger charge is 2.40. The van der Waals surface area contributed by atoms with Gasteiger partial charge in [0.05, 0.1) is 16.3 Å². The third kappa shape index (κ3) is 2.38. The Hall–Kier alpha value is -1.03. The van der Waals surface area contributed by atoms with Crippen molar-refractivity contribution in [2.24, 2.45) is 5.41 Å². The van der Waals surface area contributed by atoms with Crippen molar-refractivity contribution in [2.45, 2.75) is 43.9 Å². The molecular formula is C15H21NO2S. The molecule has 1 aliphatic carbocycles. The molecule has 0 amide bonds. The Morgan fingerprint density at radius 2 is 1.89 bits per heavy atom. The predicted molar refractivity (Wildman–Crippen MR) is 77.2 cm³/mol. The van der Waals surface area contributed by atoms with Crippen molar-refractivity contribution in [3.05, 3.63) is 23.8 Å². The highest BCUT2D eigenvalue weighted by atomic mass is 32.2. The molecule has 19 heavy (non-hydrogen) atoms. The third-order valence-electron chi connectivity index (χ3n) is 4.53. The first-order valence-electron chi connectivity index (χ1n) is 7.08. The summed E-state index contributed by atoms with van der Waals surface area (Å²) in [5.41, 5.74) is 1.84. The second-order valence-corrected chi connectivity index (χ2v) is 8.13. The first-order chi connectivity index (χ1) is 9.01. The fourth-order valence-electron chi connectivity index (χ4n) is 3.49. The van der Waals surface area contributed by atoms with Crippen LogP contribution in [0.2, 0.25) is 0 Å². The van der Waals surface area contributed by atoms with Gasteiger partial charge in [-0.3, -0.25) is 0 Å². The number of hydrogen-bond donors (Lipinski definition) is 1. The second-order valence-electron chi connectivity index (χ2n) is 6.17.